The Morgan fingerprint density at radius 2 is 1.71 bits per heavy atom. The smallest absolute Gasteiger partial charge is 0.227 e. The summed E-state index contributed by atoms with van der Waals surface area (Å²) in [6.07, 6.45) is 4.28. The number of nitrogens with zero attached hydrogens (tertiary/aromatic N) is 5. The molecule has 0 atom stereocenters. The van der Waals surface area contributed by atoms with E-state index in [-0.39, 0.29) is 17.4 Å². The zero-order chi connectivity index (χ0) is 26.7. The van der Waals surface area contributed by atoms with E-state index < -0.39 is 0 Å². The number of carbonyl (C=O) groups excluding carboxylic acids is 1. The molecular weight excluding hydrogens is 496 g/mol. The van der Waals surface area contributed by atoms with Crippen molar-refractivity contribution in [1.82, 2.24) is 25.1 Å². The van der Waals surface area contributed by atoms with E-state index in [9.17, 15) is 4.79 Å². The first-order chi connectivity index (χ1) is 18.2. The molecule has 38 heavy (non-hydrogen) atoms. The van der Waals surface area contributed by atoms with Crippen LogP contribution in [0.25, 0.3) is 0 Å². The van der Waals surface area contributed by atoms with Crippen molar-refractivity contribution in [2.45, 2.75) is 69.0 Å². The second-order valence-corrected chi connectivity index (χ2v) is 12.2. The molecule has 10 heteroatoms. The molecule has 3 heterocycles. The molecular formula is C28H38N8OS. The van der Waals surface area contributed by atoms with Crippen LogP contribution in [0.3, 0.4) is 0 Å². The Labute approximate surface area is 229 Å². The lowest BCUT2D eigenvalue weighted by Gasteiger charge is -2.42. The molecule has 1 amide bonds. The number of piperazine rings is 1. The molecule has 0 bridgehead atoms. The number of hydrogen-bond donors (Lipinski definition) is 3. The summed E-state index contributed by atoms with van der Waals surface area (Å²) in [5, 5.41) is 14.3. The van der Waals surface area contributed by atoms with Gasteiger partial charge in [0, 0.05) is 66.0 Å². The van der Waals surface area contributed by atoms with Gasteiger partial charge in [0.1, 0.15) is 11.6 Å². The molecule has 1 aliphatic heterocycles. The molecule has 3 aromatic rings. The Bertz CT molecular complexity index is 1240. The van der Waals surface area contributed by atoms with Gasteiger partial charge in [-0.05, 0) is 76.6 Å². The normalized spacial score (nSPS) is 17.1. The van der Waals surface area contributed by atoms with E-state index in [4.69, 9.17) is 9.97 Å². The van der Waals surface area contributed by atoms with Crippen molar-refractivity contribution in [3.8, 4) is 0 Å². The summed E-state index contributed by atoms with van der Waals surface area (Å²) < 4.78 is 0. The largest absolute Gasteiger partial charge is 0.354 e. The van der Waals surface area contributed by atoms with E-state index in [1.807, 2.05) is 43.3 Å². The Balaban J connectivity index is 1.32. The molecule has 202 valence electrons. The van der Waals surface area contributed by atoms with Crippen LogP contribution < -0.4 is 15.5 Å². The van der Waals surface area contributed by atoms with E-state index in [0.29, 0.717) is 11.0 Å². The Kier molecular flexibility index (Phi) is 7.90. The molecule has 2 aromatic heterocycles. The van der Waals surface area contributed by atoms with E-state index in [1.165, 1.54) is 11.8 Å². The number of hydrogen-bond acceptors (Lipinski definition) is 8. The highest BCUT2D eigenvalue weighted by Crippen LogP contribution is 2.31. The SMILES string of the molecule is Cc1cc(Nc2cc(N3CCN(C(C)(C)C)CC3)nc(Sc3ccc(NC(=O)C4CCCC4)cc3)n2)n[nH]1. The molecule has 2 fully saturated rings. The third kappa shape index (κ3) is 6.66. The molecule has 2 aliphatic rings. The maximum atomic E-state index is 12.5. The quantitative estimate of drug-likeness (QED) is 0.344. The van der Waals surface area contributed by atoms with Gasteiger partial charge in [-0.25, -0.2) is 9.97 Å². The molecule has 1 aromatic carbocycles. The topological polar surface area (TPSA) is 102 Å². The van der Waals surface area contributed by atoms with Gasteiger partial charge in [0.2, 0.25) is 5.91 Å². The van der Waals surface area contributed by atoms with E-state index in [2.05, 4.69) is 51.4 Å². The van der Waals surface area contributed by atoms with Crippen LogP contribution in [0.15, 0.2) is 46.5 Å². The Morgan fingerprint density at radius 3 is 2.34 bits per heavy atom. The van der Waals surface area contributed by atoms with Crippen molar-refractivity contribution >= 4 is 40.8 Å². The fourth-order valence-corrected chi connectivity index (χ4v) is 5.81. The van der Waals surface area contributed by atoms with Gasteiger partial charge in [-0.3, -0.25) is 14.8 Å². The van der Waals surface area contributed by atoms with Gasteiger partial charge >= 0.3 is 0 Å². The molecule has 0 unspecified atom stereocenters. The number of carbonyl (C=O) groups is 1. The predicted molar refractivity (Wildman–Crippen MR) is 153 cm³/mol. The molecule has 9 nitrogen and oxygen atoms in total. The van der Waals surface area contributed by atoms with Crippen molar-refractivity contribution in [3.63, 3.8) is 0 Å². The number of nitrogens with one attached hydrogen (secondary N) is 3. The monoisotopic (exact) mass is 534 g/mol. The van der Waals surface area contributed by atoms with Crippen LogP contribution in [0.4, 0.5) is 23.1 Å². The fraction of sp³-hybridized carbons (Fsp3) is 0.500. The first-order valence-electron chi connectivity index (χ1n) is 13.5. The Morgan fingerprint density at radius 1 is 1.00 bits per heavy atom. The van der Waals surface area contributed by atoms with Crippen molar-refractivity contribution in [2.75, 3.05) is 41.7 Å². The average Bonchev–Trinajstić information content (AvgIpc) is 3.57. The van der Waals surface area contributed by atoms with Gasteiger partial charge in [-0.15, -0.1) is 0 Å². The van der Waals surface area contributed by atoms with Crippen LogP contribution in [0.2, 0.25) is 0 Å². The molecule has 1 saturated heterocycles. The number of aromatic amines is 1. The first kappa shape index (κ1) is 26.5. The second-order valence-electron chi connectivity index (χ2n) is 11.2. The number of rotatable bonds is 7. The Hall–Kier alpha value is -3.11. The minimum atomic E-state index is 0.134. The highest BCUT2D eigenvalue weighted by molar-refractivity contribution is 7.99. The zero-order valence-corrected chi connectivity index (χ0v) is 23.6. The lowest BCUT2D eigenvalue weighted by atomic mass is 10.1. The summed E-state index contributed by atoms with van der Waals surface area (Å²) in [4.78, 5) is 28.1. The second kappa shape index (κ2) is 11.3. The molecule has 1 saturated carbocycles. The molecule has 0 radical (unpaired) electrons. The lowest BCUT2D eigenvalue weighted by molar-refractivity contribution is -0.119. The summed E-state index contributed by atoms with van der Waals surface area (Å²) in [7, 11) is 0. The lowest BCUT2D eigenvalue weighted by Crippen LogP contribution is -2.53. The van der Waals surface area contributed by atoms with Gasteiger partial charge in [-0.2, -0.15) is 5.10 Å². The van der Waals surface area contributed by atoms with Crippen LogP contribution in [0.5, 0.6) is 0 Å². The van der Waals surface area contributed by atoms with Crippen LogP contribution in [-0.2, 0) is 4.79 Å². The van der Waals surface area contributed by atoms with Crippen LogP contribution in [-0.4, -0.2) is 62.7 Å². The van der Waals surface area contributed by atoms with Crippen molar-refractivity contribution in [1.29, 1.82) is 0 Å². The number of amides is 1. The van der Waals surface area contributed by atoms with E-state index >= 15 is 0 Å². The third-order valence-electron chi connectivity index (χ3n) is 7.26. The highest BCUT2D eigenvalue weighted by Gasteiger charge is 2.27. The number of H-pyrrole nitrogens is 1. The fourth-order valence-electron chi connectivity index (χ4n) is 5.05. The van der Waals surface area contributed by atoms with Crippen molar-refractivity contribution < 1.29 is 4.79 Å². The van der Waals surface area contributed by atoms with Crippen LogP contribution >= 0.6 is 11.8 Å². The zero-order valence-electron chi connectivity index (χ0n) is 22.8. The first-order valence-corrected chi connectivity index (χ1v) is 14.3. The summed E-state index contributed by atoms with van der Waals surface area (Å²) in [6.45, 7) is 12.6. The predicted octanol–water partition coefficient (Wildman–Crippen LogP) is 5.45. The molecule has 0 spiro atoms. The summed E-state index contributed by atoms with van der Waals surface area (Å²) >= 11 is 1.51. The average molecular weight is 535 g/mol. The van der Waals surface area contributed by atoms with Gasteiger partial charge in [-0.1, -0.05) is 12.8 Å². The minimum absolute atomic E-state index is 0.134. The molecule has 3 N–H and O–H groups in total. The van der Waals surface area contributed by atoms with Gasteiger partial charge < -0.3 is 15.5 Å². The maximum absolute atomic E-state index is 12.5. The molecule has 1 aliphatic carbocycles. The van der Waals surface area contributed by atoms with Crippen LogP contribution in [0.1, 0.15) is 52.1 Å². The number of anilines is 4. The summed E-state index contributed by atoms with van der Waals surface area (Å²) in [5.74, 6) is 2.63. The standard InChI is InChI=1S/C28H38N8OS/c1-19-17-24(34-33-19)30-23-18-25(35-13-15-36(16-14-35)28(2,3)4)32-27(31-23)38-22-11-9-21(10-12-22)29-26(37)20-7-5-6-8-20/h9-12,17-18,20H,5-8,13-16H2,1-4H3,(H,29,37)(H2,30,31,32,33,34). The number of aromatic nitrogens is 4. The van der Waals surface area contributed by atoms with Crippen LogP contribution in [0, 0.1) is 12.8 Å². The van der Waals surface area contributed by atoms with Crippen molar-refractivity contribution in [2.24, 2.45) is 5.92 Å². The summed E-state index contributed by atoms with van der Waals surface area (Å²) in [6, 6.07) is 11.9. The van der Waals surface area contributed by atoms with Gasteiger partial charge in [0.05, 0.1) is 0 Å². The highest BCUT2D eigenvalue weighted by atomic mass is 32.2. The summed E-state index contributed by atoms with van der Waals surface area (Å²) in [5.41, 5.74) is 1.97. The molecule has 5 rings (SSSR count). The number of aryl methyl sites for hydroxylation is 1. The van der Waals surface area contributed by atoms with E-state index in [1.54, 1.807) is 0 Å². The maximum Gasteiger partial charge on any atom is 0.227 e. The van der Waals surface area contributed by atoms with Gasteiger partial charge in [0.25, 0.3) is 0 Å². The minimum Gasteiger partial charge on any atom is -0.354 e. The van der Waals surface area contributed by atoms with Gasteiger partial charge in [0.15, 0.2) is 11.0 Å². The number of benzene rings is 1. The van der Waals surface area contributed by atoms with Crippen molar-refractivity contribution in [3.05, 3.63) is 42.1 Å². The third-order valence-corrected chi connectivity index (χ3v) is 8.14. The van der Waals surface area contributed by atoms with E-state index in [0.717, 1.165) is 79.8 Å².